The maximum Gasteiger partial charge on any atom is 0.326 e. The van der Waals surface area contributed by atoms with E-state index in [0.29, 0.717) is 11.3 Å². The van der Waals surface area contributed by atoms with Crippen LogP contribution in [0, 0.1) is 0 Å². The highest BCUT2D eigenvalue weighted by atomic mass is 32.2. The van der Waals surface area contributed by atoms with E-state index in [4.69, 9.17) is 4.74 Å². The first-order chi connectivity index (χ1) is 23.6. The number of phenolic OH excluding ortho intramolecular Hbond substituents is 1. The van der Waals surface area contributed by atoms with Gasteiger partial charge in [0.05, 0.1) is 15.5 Å². The minimum atomic E-state index is -1.20. The number of unbranched alkanes of at least 4 members (excludes halogenated alkanes) is 2. The number of amides is 2. The molecule has 3 aromatic rings. The highest BCUT2D eigenvalue weighted by molar-refractivity contribution is 7.98. The molecule has 2 amide bonds. The second-order valence-corrected chi connectivity index (χ2v) is 14.0. The van der Waals surface area contributed by atoms with Gasteiger partial charge in [0.25, 0.3) is 5.91 Å². The largest absolute Gasteiger partial charge is 0.508 e. The van der Waals surface area contributed by atoms with Gasteiger partial charge >= 0.3 is 5.97 Å². The number of para-hydroxylation sites is 1. The third-order valence-electron chi connectivity index (χ3n) is 8.64. The van der Waals surface area contributed by atoms with E-state index < -0.39 is 29.9 Å². The SMILES string of the molecule is CCCCC1(CCCC)CN(c2ccccc2)c2cc(SC)c(OCC(=O)NC(C(=O)N[C@@H](CC)C(=O)O)c3ccc(O)cc3)cc2SN1. The molecule has 264 valence electrons. The van der Waals surface area contributed by atoms with Gasteiger partial charge in [0.15, 0.2) is 6.61 Å². The van der Waals surface area contributed by atoms with E-state index in [1.54, 1.807) is 18.9 Å². The van der Waals surface area contributed by atoms with Gasteiger partial charge in [-0.05, 0) is 79.4 Å². The Morgan fingerprint density at radius 3 is 2.27 bits per heavy atom. The number of carbonyl (C=O) groups excluding carboxylic acids is 2. The zero-order valence-electron chi connectivity index (χ0n) is 28.7. The van der Waals surface area contributed by atoms with Gasteiger partial charge < -0.3 is 30.5 Å². The molecule has 0 bridgehead atoms. The molecular weight excluding hydrogens is 661 g/mol. The summed E-state index contributed by atoms with van der Waals surface area (Å²) in [5.74, 6) is -1.88. The molecule has 4 rings (SSSR count). The van der Waals surface area contributed by atoms with E-state index >= 15 is 0 Å². The molecule has 1 aliphatic heterocycles. The molecule has 1 unspecified atom stereocenters. The van der Waals surface area contributed by atoms with Crippen LogP contribution in [-0.4, -0.2) is 59.0 Å². The van der Waals surface area contributed by atoms with Crippen molar-refractivity contribution in [2.75, 3.05) is 24.3 Å². The summed E-state index contributed by atoms with van der Waals surface area (Å²) in [5.41, 5.74) is 2.45. The Morgan fingerprint density at radius 2 is 1.67 bits per heavy atom. The maximum absolute atomic E-state index is 13.3. The lowest BCUT2D eigenvalue weighted by Crippen LogP contribution is -2.49. The van der Waals surface area contributed by atoms with Gasteiger partial charge in [-0.25, -0.2) is 4.79 Å². The summed E-state index contributed by atoms with van der Waals surface area (Å²) in [4.78, 5) is 42.4. The molecule has 0 fully saturated rings. The Hall–Kier alpha value is -3.87. The summed E-state index contributed by atoms with van der Waals surface area (Å²) in [5, 5.41) is 24.4. The predicted molar refractivity (Wildman–Crippen MR) is 197 cm³/mol. The third-order valence-corrected chi connectivity index (χ3v) is 10.5. The van der Waals surface area contributed by atoms with E-state index in [2.05, 4.69) is 64.4 Å². The molecule has 0 aliphatic carbocycles. The minimum Gasteiger partial charge on any atom is -0.508 e. The van der Waals surface area contributed by atoms with Crippen LogP contribution >= 0.6 is 23.7 Å². The molecule has 49 heavy (non-hydrogen) atoms. The average molecular weight is 709 g/mol. The van der Waals surface area contributed by atoms with Crippen LogP contribution in [0.5, 0.6) is 11.5 Å². The number of nitrogens with zero attached hydrogens (tertiary/aromatic N) is 1. The number of aliphatic carboxylic acids is 1. The van der Waals surface area contributed by atoms with E-state index in [9.17, 15) is 24.6 Å². The molecule has 0 saturated heterocycles. The molecule has 2 atom stereocenters. The lowest BCUT2D eigenvalue weighted by molar-refractivity contribution is -0.142. The molecule has 0 spiro atoms. The Labute approximate surface area is 297 Å². The van der Waals surface area contributed by atoms with Gasteiger partial charge in [0.2, 0.25) is 5.91 Å². The van der Waals surface area contributed by atoms with Crippen molar-refractivity contribution in [3.63, 3.8) is 0 Å². The highest BCUT2D eigenvalue weighted by Crippen LogP contribution is 2.46. The lowest BCUT2D eigenvalue weighted by atomic mass is 9.87. The number of carbonyl (C=O) groups is 3. The van der Waals surface area contributed by atoms with Crippen molar-refractivity contribution < 1.29 is 29.3 Å². The van der Waals surface area contributed by atoms with Crippen molar-refractivity contribution >= 4 is 52.9 Å². The number of thioether (sulfide) groups is 1. The molecule has 0 aromatic heterocycles. The van der Waals surface area contributed by atoms with Gasteiger partial charge in [0, 0.05) is 17.8 Å². The number of phenols is 1. The number of benzene rings is 3. The Kier molecular flexibility index (Phi) is 14.1. The van der Waals surface area contributed by atoms with Crippen LogP contribution in [0.25, 0.3) is 0 Å². The monoisotopic (exact) mass is 708 g/mol. The molecule has 0 saturated carbocycles. The first-order valence-corrected chi connectivity index (χ1v) is 18.9. The van der Waals surface area contributed by atoms with E-state index in [-0.39, 0.29) is 24.3 Å². The standard InChI is InChI=1S/C37H48N4O6S2/c1-5-8-19-37(20-9-6-2)24-41(26-13-11-10-12-14-26)29-21-32(48-4)30(22-31(29)49-40-37)47-23-33(43)39-34(25-15-17-27(42)18-16-25)35(44)38-28(7-3)36(45)46/h10-18,21-22,28,34,40,42H,5-9,19-20,23-24H2,1-4H3,(H,38,44)(H,39,43)(H,45,46)/t28-,34?/m0/s1. The van der Waals surface area contributed by atoms with Gasteiger partial charge in [0.1, 0.15) is 23.6 Å². The van der Waals surface area contributed by atoms with E-state index in [1.807, 2.05) is 18.4 Å². The van der Waals surface area contributed by atoms with Crippen molar-refractivity contribution in [3.05, 3.63) is 72.3 Å². The average Bonchev–Trinajstić information content (AvgIpc) is 3.27. The smallest absolute Gasteiger partial charge is 0.326 e. The molecule has 0 radical (unpaired) electrons. The zero-order chi connectivity index (χ0) is 35.4. The normalized spacial score (nSPS) is 15.0. The third kappa shape index (κ3) is 10.1. The number of fused-ring (bicyclic) bond motifs is 1. The topological polar surface area (TPSA) is 140 Å². The number of rotatable bonds is 17. The van der Waals surface area contributed by atoms with Crippen molar-refractivity contribution in [2.24, 2.45) is 0 Å². The molecular formula is C37H48N4O6S2. The van der Waals surface area contributed by atoms with Crippen molar-refractivity contribution in [2.45, 2.75) is 93.1 Å². The Morgan fingerprint density at radius 1 is 1.00 bits per heavy atom. The number of carboxylic acid groups (broad SMARTS) is 1. The molecule has 1 heterocycles. The number of carboxylic acids is 1. The van der Waals surface area contributed by atoms with Crippen LogP contribution in [0.1, 0.15) is 77.3 Å². The molecule has 3 aromatic carbocycles. The van der Waals surface area contributed by atoms with Crippen LogP contribution < -0.4 is 25.0 Å². The molecule has 12 heteroatoms. The number of hydrogen-bond acceptors (Lipinski definition) is 9. The summed E-state index contributed by atoms with van der Waals surface area (Å²) in [7, 11) is 0. The fourth-order valence-electron chi connectivity index (χ4n) is 5.84. The minimum absolute atomic E-state index is 0.00602. The first-order valence-electron chi connectivity index (χ1n) is 16.9. The molecule has 1 aliphatic rings. The maximum atomic E-state index is 13.3. The Bertz CT molecular complexity index is 1550. The molecule has 10 nitrogen and oxygen atoms in total. The van der Waals surface area contributed by atoms with Crippen molar-refractivity contribution in [1.29, 1.82) is 0 Å². The second-order valence-electron chi connectivity index (χ2n) is 12.3. The van der Waals surface area contributed by atoms with Crippen LogP contribution in [0.2, 0.25) is 0 Å². The quantitative estimate of drug-likeness (QED) is 0.0723. The zero-order valence-corrected chi connectivity index (χ0v) is 30.3. The predicted octanol–water partition coefficient (Wildman–Crippen LogP) is 7.20. The van der Waals surface area contributed by atoms with Crippen LogP contribution in [0.15, 0.2) is 76.5 Å². The number of anilines is 2. The van der Waals surface area contributed by atoms with Crippen LogP contribution in [0.3, 0.4) is 0 Å². The van der Waals surface area contributed by atoms with Gasteiger partial charge in [-0.15, -0.1) is 11.8 Å². The summed E-state index contributed by atoms with van der Waals surface area (Å²) in [6.45, 7) is 6.54. The van der Waals surface area contributed by atoms with Crippen molar-refractivity contribution in [3.8, 4) is 11.5 Å². The summed E-state index contributed by atoms with van der Waals surface area (Å²) < 4.78 is 10.0. The van der Waals surface area contributed by atoms with Gasteiger partial charge in [-0.3, -0.25) is 14.3 Å². The number of aromatic hydroxyl groups is 1. The highest BCUT2D eigenvalue weighted by Gasteiger charge is 2.36. The fraction of sp³-hybridized carbons (Fsp3) is 0.432. The summed E-state index contributed by atoms with van der Waals surface area (Å²) >= 11 is 3.13. The summed E-state index contributed by atoms with van der Waals surface area (Å²) in [6, 6.07) is 18.0. The van der Waals surface area contributed by atoms with Crippen LogP contribution in [-0.2, 0) is 14.4 Å². The summed E-state index contributed by atoms with van der Waals surface area (Å²) in [6.07, 6.45) is 8.70. The van der Waals surface area contributed by atoms with E-state index in [0.717, 1.165) is 66.2 Å². The molecule has 5 N–H and O–H groups in total. The van der Waals surface area contributed by atoms with E-state index in [1.165, 1.54) is 36.0 Å². The second kappa shape index (κ2) is 18.2. The Balaban J connectivity index is 1.60. The number of ether oxygens (including phenoxy) is 1. The number of hydrogen-bond donors (Lipinski definition) is 5. The van der Waals surface area contributed by atoms with Crippen LogP contribution in [0.4, 0.5) is 11.4 Å². The van der Waals surface area contributed by atoms with Gasteiger partial charge in [-0.1, -0.05) is 76.8 Å². The number of nitrogens with one attached hydrogen (secondary N) is 3. The fourth-order valence-corrected chi connectivity index (χ4v) is 7.42. The first kappa shape index (κ1) is 37.9. The lowest BCUT2D eigenvalue weighted by Gasteiger charge is -2.38. The van der Waals surface area contributed by atoms with Gasteiger partial charge in [-0.2, -0.15) is 0 Å². The van der Waals surface area contributed by atoms with Crippen molar-refractivity contribution in [1.82, 2.24) is 15.4 Å².